The Morgan fingerprint density at radius 1 is 1.39 bits per heavy atom. The number of nitriles is 1. The minimum atomic E-state index is -0.250. The third-order valence-electron chi connectivity index (χ3n) is 4.67. The van der Waals surface area contributed by atoms with Gasteiger partial charge < -0.3 is 20.4 Å². The maximum absolute atomic E-state index is 10.1. The summed E-state index contributed by atoms with van der Waals surface area (Å²) in [6.45, 7) is 7.14. The number of piperidine rings is 1. The van der Waals surface area contributed by atoms with E-state index in [0.29, 0.717) is 22.9 Å². The van der Waals surface area contributed by atoms with Crippen LogP contribution in [0.5, 0.6) is 5.75 Å². The molecule has 2 heterocycles. The number of rotatable bonds is 4. The van der Waals surface area contributed by atoms with Crippen LogP contribution in [0, 0.1) is 18.3 Å². The van der Waals surface area contributed by atoms with E-state index in [9.17, 15) is 5.11 Å². The van der Waals surface area contributed by atoms with Crippen molar-refractivity contribution in [1.82, 2.24) is 15.1 Å². The molecule has 2 aromatic rings. The Balaban J connectivity index is 0.000000878. The van der Waals surface area contributed by atoms with Crippen LogP contribution in [0.4, 0.5) is 5.82 Å². The topological polar surface area (TPSA) is 122 Å². The van der Waals surface area contributed by atoms with E-state index in [0.717, 1.165) is 37.4 Å². The number of carboxylic acid groups (broad SMARTS) is 1. The summed E-state index contributed by atoms with van der Waals surface area (Å²) < 4.78 is 0. The minimum Gasteiger partial charge on any atom is -0.507 e. The Hall–Kier alpha value is -3.18. The number of likely N-dealkylation sites (N-methyl/N-ethyl adjacent to an activating group) is 1. The van der Waals surface area contributed by atoms with Crippen LogP contribution in [0.3, 0.4) is 0 Å². The molecule has 1 aliphatic rings. The third-order valence-corrected chi connectivity index (χ3v) is 4.67. The summed E-state index contributed by atoms with van der Waals surface area (Å²) >= 11 is 0. The van der Waals surface area contributed by atoms with Crippen LogP contribution in [0.15, 0.2) is 24.3 Å². The van der Waals surface area contributed by atoms with E-state index < -0.39 is 0 Å². The molecule has 1 aliphatic heterocycles. The van der Waals surface area contributed by atoms with Crippen LogP contribution in [0.2, 0.25) is 0 Å². The van der Waals surface area contributed by atoms with Gasteiger partial charge in [0.2, 0.25) is 0 Å². The molecule has 1 fully saturated rings. The molecule has 0 amide bonds. The van der Waals surface area contributed by atoms with Gasteiger partial charge in [0.15, 0.2) is 0 Å². The number of hydrogen-bond acceptors (Lipinski definition) is 7. The van der Waals surface area contributed by atoms with Gasteiger partial charge >= 0.3 is 0 Å². The molecule has 0 unspecified atom stereocenters. The molecule has 1 aromatic heterocycles. The summed E-state index contributed by atoms with van der Waals surface area (Å²) in [4.78, 5) is 10.8. The average molecular weight is 383 g/mol. The van der Waals surface area contributed by atoms with E-state index in [1.165, 1.54) is 12.5 Å². The van der Waals surface area contributed by atoms with Crippen molar-refractivity contribution in [2.75, 3.05) is 25.0 Å². The number of carbonyl (C=O) groups is 1. The van der Waals surface area contributed by atoms with E-state index in [1.54, 1.807) is 12.1 Å². The molecule has 0 spiro atoms. The SMILES string of the molecule is CCN1CCC[C@@H](Nc2cc(C)c(-c3ccc(C#N)cc3O)nn2)C1.O=CO. The fourth-order valence-corrected chi connectivity index (χ4v) is 3.29. The summed E-state index contributed by atoms with van der Waals surface area (Å²) in [6.07, 6.45) is 2.32. The van der Waals surface area contributed by atoms with Gasteiger partial charge in [-0.15, -0.1) is 10.2 Å². The normalized spacial score (nSPS) is 16.4. The second-order valence-electron chi connectivity index (χ2n) is 6.59. The number of aromatic nitrogens is 2. The highest BCUT2D eigenvalue weighted by atomic mass is 16.3. The first-order valence-corrected chi connectivity index (χ1v) is 9.16. The number of benzene rings is 1. The van der Waals surface area contributed by atoms with Crippen molar-refractivity contribution >= 4 is 12.3 Å². The fraction of sp³-hybridized carbons (Fsp3) is 0.400. The molecule has 28 heavy (non-hydrogen) atoms. The zero-order valence-corrected chi connectivity index (χ0v) is 16.1. The Morgan fingerprint density at radius 3 is 2.75 bits per heavy atom. The molecule has 1 aromatic carbocycles. The zero-order chi connectivity index (χ0) is 20.5. The molecule has 8 heteroatoms. The van der Waals surface area contributed by atoms with Crippen molar-refractivity contribution in [3.05, 3.63) is 35.4 Å². The lowest BCUT2D eigenvalue weighted by atomic mass is 10.0. The van der Waals surface area contributed by atoms with Crippen LogP contribution in [0.1, 0.15) is 30.9 Å². The molecule has 8 nitrogen and oxygen atoms in total. The molecule has 0 saturated carbocycles. The highest BCUT2D eigenvalue weighted by Crippen LogP contribution is 2.31. The van der Waals surface area contributed by atoms with Gasteiger partial charge in [0, 0.05) is 18.2 Å². The molecule has 3 rings (SSSR count). The van der Waals surface area contributed by atoms with Crippen molar-refractivity contribution in [3.8, 4) is 23.1 Å². The zero-order valence-electron chi connectivity index (χ0n) is 16.1. The highest BCUT2D eigenvalue weighted by molar-refractivity contribution is 5.71. The number of aromatic hydroxyl groups is 1. The van der Waals surface area contributed by atoms with Crippen molar-refractivity contribution in [2.45, 2.75) is 32.7 Å². The van der Waals surface area contributed by atoms with Crippen molar-refractivity contribution in [1.29, 1.82) is 5.26 Å². The molecule has 1 atom stereocenters. The van der Waals surface area contributed by atoms with Gasteiger partial charge in [-0.25, -0.2) is 0 Å². The van der Waals surface area contributed by atoms with Gasteiger partial charge in [-0.2, -0.15) is 5.26 Å². The Morgan fingerprint density at radius 2 is 2.14 bits per heavy atom. The molecule has 0 bridgehead atoms. The predicted octanol–water partition coefficient (Wildman–Crippen LogP) is 2.63. The van der Waals surface area contributed by atoms with Gasteiger partial charge in [-0.1, -0.05) is 6.92 Å². The molecule has 0 radical (unpaired) electrons. The van der Waals surface area contributed by atoms with Crippen LogP contribution in [-0.2, 0) is 4.79 Å². The monoisotopic (exact) mass is 383 g/mol. The standard InChI is InChI=1S/C19H23N5O.CH2O2/c1-3-24-8-4-5-15(12-24)21-18-9-13(2)19(23-22-18)16-7-6-14(11-20)10-17(16)25;2-1-3/h6-7,9-10,15,25H,3-5,8,12H2,1-2H3,(H,21,22);1H,(H,2,3)/t15-;/m1./s1. The van der Waals surface area contributed by atoms with E-state index in [1.807, 2.05) is 19.1 Å². The summed E-state index contributed by atoms with van der Waals surface area (Å²) in [5, 5.41) is 38.0. The largest absolute Gasteiger partial charge is 0.507 e. The van der Waals surface area contributed by atoms with E-state index in [4.69, 9.17) is 15.2 Å². The Bertz CT molecular complexity index is 850. The molecular weight excluding hydrogens is 358 g/mol. The first kappa shape index (κ1) is 21.1. The summed E-state index contributed by atoms with van der Waals surface area (Å²) in [5.74, 6) is 0.806. The first-order valence-electron chi connectivity index (χ1n) is 9.16. The Labute approximate surface area is 164 Å². The van der Waals surface area contributed by atoms with Crippen molar-refractivity contribution in [3.63, 3.8) is 0 Å². The lowest BCUT2D eigenvalue weighted by Crippen LogP contribution is -2.42. The van der Waals surface area contributed by atoms with Crippen LogP contribution in [0.25, 0.3) is 11.3 Å². The molecule has 148 valence electrons. The number of nitrogens with zero attached hydrogens (tertiary/aromatic N) is 4. The fourth-order valence-electron chi connectivity index (χ4n) is 3.29. The lowest BCUT2D eigenvalue weighted by Gasteiger charge is -2.32. The number of phenols is 1. The molecule has 0 aliphatic carbocycles. The summed E-state index contributed by atoms with van der Waals surface area (Å²) in [6, 6.07) is 9.19. The van der Waals surface area contributed by atoms with Gasteiger partial charge in [0.05, 0.1) is 17.3 Å². The number of nitrogens with one attached hydrogen (secondary N) is 1. The number of likely N-dealkylation sites (tertiary alicyclic amines) is 1. The van der Waals surface area contributed by atoms with Crippen molar-refractivity contribution < 1.29 is 15.0 Å². The quantitative estimate of drug-likeness (QED) is 0.689. The number of hydrogen-bond donors (Lipinski definition) is 3. The van der Waals surface area contributed by atoms with Crippen LogP contribution in [-0.4, -0.2) is 57.5 Å². The van der Waals surface area contributed by atoms with Gasteiger partial charge in [-0.3, -0.25) is 4.79 Å². The number of anilines is 1. The summed E-state index contributed by atoms with van der Waals surface area (Å²) in [7, 11) is 0. The van der Waals surface area contributed by atoms with E-state index >= 15 is 0 Å². The lowest BCUT2D eigenvalue weighted by molar-refractivity contribution is -0.122. The highest BCUT2D eigenvalue weighted by Gasteiger charge is 2.19. The first-order chi connectivity index (χ1) is 13.5. The van der Waals surface area contributed by atoms with Gasteiger partial charge in [0.25, 0.3) is 6.47 Å². The number of phenolic OH excluding ortho intramolecular Hbond substituents is 1. The molecular formula is C20H25N5O3. The maximum atomic E-state index is 10.1. The van der Waals surface area contributed by atoms with Crippen molar-refractivity contribution in [2.24, 2.45) is 0 Å². The smallest absolute Gasteiger partial charge is 0.290 e. The van der Waals surface area contributed by atoms with Gasteiger partial charge in [-0.05, 0) is 62.7 Å². The second-order valence-corrected chi connectivity index (χ2v) is 6.59. The third kappa shape index (κ3) is 5.41. The molecule has 1 saturated heterocycles. The average Bonchev–Trinajstić information content (AvgIpc) is 2.69. The summed E-state index contributed by atoms with van der Waals surface area (Å²) in [5.41, 5.74) is 2.57. The van der Waals surface area contributed by atoms with Crippen LogP contribution >= 0.6 is 0 Å². The maximum Gasteiger partial charge on any atom is 0.290 e. The van der Waals surface area contributed by atoms with E-state index in [-0.39, 0.29) is 12.2 Å². The van der Waals surface area contributed by atoms with Crippen LogP contribution < -0.4 is 5.32 Å². The van der Waals surface area contributed by atoms with E-state index in [2.05, 4.69) is 27.3 Å². The van der Waals surface area contributed by atoms with Gasteiger partial charge in [0.1, 0.15) is 11.6 Å². The number of aryl methyl sites for hydroxylation is 1. The second kappa shape index (κ2) is 10.2. The predicted molar refractivity (Wildman–Crippen MR) is 106 cm³/mol. The molecule has 3 N–H and O–H groups in total. The Kier molecular flexibility index (Phi) is 7.72. The minimum absolute atomic E-state index is 0.0445.